The van der Waals surface area contributed by atoms with E-state index in [0.29, 0.717) is 19.7 Å². The van der Waals surface area contributed by atoms with E-state index in [1.807, 2.05) is 20.8 Å². The SMILES string of the molecule is COC[C@@H]1CN(C(=O)COc2cc(C)ccc2F)CC(C)(C)O1. The molecule has 1 amide bonds. The molecule has 0 unspecified atom stereocenters. The van der Waals surface area contributed by atoms with E-state index in [-0.39, 0.29) is 24.4 Å². The van der Waals surface area contributed by atoms with Crippen molar-refractivity contribution in [2.75, 3.05) is 33.4 Å². The normalized spacial score (nSPS) is 20.4. The number of aryl methyl sites for hydroxylation is 1. The van der Waals surface area contributed by atoms with Gasteiger partial charge in [0.15, 0.2) is 18.2 Å². The standard InChI is InChI=1S/C17H24FNO4/c1-12-5-6-14(18)15(7-12)22-10-16(20)19-8-13(9-21-4)23-17(2,3)11-19/h5-7,13H,8-11H2,1-4H3/t13-/m0/s1. The molecule has 1 aromatic rings. The van der Waals surface area contributed by atoms with Crippen LogP contribution >= 0.6 is 0 Å². The van der Waals surface area contributed by atoms with Gasteiger partial charge in [0.05, 0.1) is 18.3 Å². The van der Waals surface area contributed by atoms with Gasteiger partial charge in [-0.1, -0.05) is 6.07 Å². The molecule has 0 aromatic heterocycles. The summed E-state index contributed by atoms with van der Waals surface area (Å²) in [6.45, 7) is 6.82. The lowest BCUT2D eigenvalue weighted by atomic mass is 10.1. The Bertz CT molecular complexity index is 562. The molecule has 2 rings (SSSR count). The van der Waals surface area contributed by atoms with Crippen molar-refractivity contribution in [3.8, 4) is 5.75 Å². The van der Waals surface area contributed by atoms with Crippen molar-refractivity contribution >= 4 is 5.91 Å². The van der Waals surface area contributed by atoms with Gasteiger partial charge in [0, 0.05) is 20.2 Å². The van der Waals surface area contributed by atoms with Gasteiger partial charge in [-0.3, -0.25) is 4.79 Å². The Hall–Kier alpha value is -1.66. The van der Waals surface area contributed by atoms with Crippen LogP contribution in [0.15, 0.2) is 18.2 Å². The first kappa shape index (κ1) is 17.7. The van der Waals surface area contributed by atoms with E-state index in [0.717, 1.165) is 5.56 Å². The van der Waals surface area contributed by atoms with Crippen molar-refractivity contribution in [3.63, 3.8) is 0 Å². The van der Waals surface area contributed by atoms with E-state index >= 15 is 0 Å². The lowest BCUT2D eigenvalue weighted by Crippen LogP contribution is -2.56. The molecular formula is C17H24FNO4. The van der Waals surface area contributed by atoms with Gasteiger partial charge in [-0.15, -0.1) is 0 Å². The van der Waals surface area contributed by atoms with Gasteiger partial charge in [0.2, 0.25) is 0 Å². The van der Waals surface area contributed by atoms with Crippen LogP contribution in [0, 0.1) is 12.7 Å². The number of methoxy groups -OCH3 is 1. The molecule has 128 valence electrons. The van der Waals surface area contributed by atoms with Crippen molar-refractivity contribution in [2.24, 2.45) is 0 Å². The van der Waals surface area contributed by atoms with Crippen molar-refractivity contribution in [3.05, 3.63) is 29.6 Å². The van der Waals surface area contributed by atoms with Gasteiger partial charge in [-0.25, -0.2) is 4.39 Å². The van der Waals surface area contributed by atoms with E-state index in [1.54, 1.807) is 24.1 Å². The van der Waals surface area contributed by atoms with Crippen LogP contribution in [0.3, 0.4) is 0 Å². The molecule has 0 saturated carbocycles. The molecular weight excluding hydrogens is 301 g/mol. The maximum Gasteiger partial charge on any atom is 0.260 e. The zero-order chi connectivity index (χ0) is 17.0. The van der Waals surface area contributed by atoms with Gasteiger partial charge in [0.1, 0.15) is 0 Å². The molecule has 1 aliphatic rings. The molecule has 23 heavy (non-hydrogen) atoms. The van der Waals surface area contributed by atoms with E-state index in [9.17, 15) is 9.18 Å². The third-order valence-electron chi connectivity index (χ3n) is 3.62. The molecule has 0 radical (unpaired) electrons. The molecule has 1 fully saturated rings. The lowest BCUT2D eigenvalue weighted by molar-refractivity contribution is -0.170. The first-order valence-electron chi connectivity index (χ1n) is 7.64. The fraction of sp³-hybridized carbons (Fsp3) is 0.588. The maximum atomic E-state index is 13.7. The molecule has 0 aliphatic carbocycles. The molecule has 5 nitrogen and oxygen atoms in total. The van der Waals surface area contributed by atoms with Gasteiger partial charge in [0.25, 0.3) is 5.91 Å². The average molecular weight is 325 g/mol. The number of amides is 1. The first-order valence-corrected chi connectivity index (χ1v) is 7.64. The molecule has 1 aliphatic heterocycles. The highest BCUT2D eigenvalue weighted by molar-refractivity contribution is 5.78. The Morgan fingerprint density at radius 2 is 2.22 bits per heavy atom. The van der Waals surface area contributed by atoms with Gasteiger partial charge >= 0.3 is 0 Å². The summed E-state index contributed by atoms with van der Waals surface area (Å²) in [7, 11) is 1.60. The third-order valence-corrected chi connectivity index (χ3v) is 3.62. The fourth-order valence-corrected chi connectivity index (χ4v) is 2.71. The molecule has 1 heterocycles. The van der Waals surface area contributed by atoms with Crippen LogP contribution in [0.5, 0.6) is 5.75 Å². The predicted molar refractivity (Wildman–Crippen MR) is 84.0 cm³/mol. The largest absolute Gasteiger partial charge is 0.481 e. The second-order valence-electron chi connectivity index (χ2n) is 6.45. The number of ether oxygens (including phenoxy) is 3. The zero-order valence-electron chi connectivity index (χ0n) is 14.1. The first-order chi connectivity index (χ1) is 10.8. The molecule has 0 spiro atoms. The summed E-state index contributed by atoms with van der Waals surface area (Å²) in [5.74, 6) is -0.564. The van der Waals surface area contributed by atoms with Crippen molar-refractivity contribution in [1.29, 1.82) is 0 Å². The van der Waals surface area contributed by atoms with Crippen LogP contribution < -0.4 is 4.74 Å². The molecule has 0 bridgehead atoms. The maximum absolute atomic E-state index is 13.7. The summed E-state index contributed by atoms with van der Waals surface area (Å²) >= 11 is 0. The van der Waals surface area contributed by atoms with Crippen LogP contribution in [0.1, 0.15) is 19.4 Å². The monoisotopic (exact) mass is 325 g/mol. The summed E-state index contributed by atoms with van der Waals surface area (Å²) in [6, 6.07) is 4.57. The molecule has 1 atom stereocenters. The Morgan fingerprint density at radius 1 is 1.48 bits per heavy atom. The van der Waals surface area contributed by atoms with Crippen molar-refractivity contribution in [2.45, 2.75) is 32.5 Å². The van der Waals surface area contributed by atoms with Gasteiger partial charge in [-0.2, -0.15) is 0 Å². The van der Waals surface area contributed by atoms with Crippen LogP contribution in [-0.4, -0.2) is 55.9 Å². The quantitative estimate of drug-likeness (QED) is 0.832. The highest BCUT2D eigenvalue weighted by atomic mass is 19.1. The van der Waals surface area contributed by atoms with Gasteiger partial charge in [-0.05, 0) is 38.5 Å². The van der Waals surface area contributed by atoms with Gasteiger partial charge < -0.3 is 19.1 Å². The smallest absolute Gasteiger partial charge is 0.260 e. The van der Waals surface area contributed by atoms with Crippen molar-refractivity contribution in [1.82, 2.24) is 4.90 Å². The molecule has 1 saturated heterocycles. The summed E-state index contributed by atoms with van der Waals surface area (Å²) in [5, 5.41) is 0. The topological polar surface area (TPSA) is 48.0 Å². The number of morpholine rings is 1. The number of halogens is 1. The minimum atomic E-state index is -0.469. The Morgan fingerprint density at radius 3 is 2.91 bits per heavy atom. The molecule has 6 heteroatoms. The van der Waals surface area contributed by atoms with E-state index in [2.05, 4.69) is 0 Å². The summed E-state index contributed by atoms with van der Waals surface area (Å²) in [5.41, 5.74) is 0.424. The Labute approximate surface area is 136 Å². The fourth-order valence-electron chi connectivity index (χ4n) is 2.71. The number of benzene rings is 1. The number of rotatable bonds is 5. The second-order valence-corrected chi connectivity index (χ2v) is 6.45. The van der Waals surface area contributed by atoms with E-state index in [4.69, 9.17) is 14.2 Å². The number of hydrogen-bond donors (Lipinski definition) is 0. The number of nitrogens with zero attached hydrogens (tertiary/aromatic N) is 1. The Kier molecular flexibility index (Phi) is 5.59. The number of hydrogen-bond acceptors (Lipinski definition) is 4. The second kappa shape index (κ2) is 7.27. The summed E-state index contributed by atoms with van der Waals surface area (Å²) in [6.07, 6.45) is -0.177. The van der Waals surface area contributed by atoms with Crippen LogP contribution in [0.4, 0.5) is 4.39 Å². The van der Waals surface area contributed by atoms with E-state index < -0.39 is 11.4 Å². The van der Waals surface area contributed by atoms with Crippen molar-refractivity contribution < 1.29 is 23.4 Å². The minimum absolute atomic E-state index is 0.0966. The highest BCUT2D eigenvalue weighted by Crippen LogP contribution is 2.22. The minimum Gasteiger partial charge on any atom is -0.481 e. The Balaban J connectivity index is 1.97. The summed E-state index contributed by atoms with van der Waals surface area (Å²) < 4.78 is 30.0. The average Bonchev–Trinajstić information content (AvgIpc) is 2.46. The molecule has 0 N–H and O–H groups in total. The number of carbonyl (C=O) groups is 1. The number of carbonyl (C=O) groups excluding carboxylic acids is 1. The summed E-state index contributed by atoms with van der Waals surface area (Å²) in [4.78, 5) is 14.1. The third kappa shape index (κ3) is 4.91. The highest BCUT2D eigenvalue weighted by Gasteiger charge is 2.35. The zero-order valence-corrected chi connectivity index (χ0v) is 14.1. The van der Waals surface area contributed by atoms with Crippen LogP contribution in [0.2, 0.25) is 0 Å². The lowest BCUT2D eigenvalue weighted by Gasteiger charge is -2.42. The van der Waals surface area contributed by atoms with Crippen LogP contribution in [0.25, 0.3) is 0 Å². The predicted octanol–water partition coefficient (Wildman–Crippen LogP) is 2.17. The van der Waals surface area contributed by atoms with Crippen LogP contribution in [-0.2, 0) is 14.3 Å². The van der Waals surface area contributed by atoms with E-state index in [1.165, 1.54) is 6.07 Å². The molecule has 1 aromatic carbocycles.